The fraction of sp³-hybridized carbons (Fsp3) is 0.217. The van der Waals surface area contributed by atoms with Crippen LogP contribution in [0.25, 0.3) is 0 Å². The summed E-state index contributed by atoms with van der Waals surface area (Å²) in [6.07, 6.45) is 1.80. The van der Waals surface area contributed by atoms with E-state index in [1.807, 2.05) is 81.4 Å². The van der Waals surface area contributed by atoms with Crippen LogP contribution in [0, 0.1) is 0 Å². The van der Waals surface area contributed by atoms with E-state index in [0.717, 1.165) is 22.7 Å². The van der Waals surface area contributed by atoms with Crippen LogP contribution in [-0.2, 0) is 0 Å². The zero-order valence-corrected chi connectivity index (χ0v) is 16.3. The smallest absolute Gasteiger partial charge is 0.270 e. The summed E-state index contributed by atoms with van der Waals surface area (Å²) in [5.41, 5.74) is 3.17. The van der Waals surface area contributed by atoms with Crippen molar-refractivity contribution in [1.29, 1.82) is 0 Å². The molecule has 0 saturated heterocycles. The Labute approximate surface area is 165 Å². The number of nitrogens with zero attached hydrogens (tertiary/aromatic N) is 1. The normalized spacial score (nSPS) is 11.7. The summed E-state index contributed by atoms with van der Waals surface area (Å²) >= 11 is 0. The summed E-state index contributed by atoms with van der Waals surface area (Å²) in [5.74, 6) is 0.635. The average Bonchev–Trinajstić information content (AvgIpc) is 2.70. The van der Waals surface area contributed by atoms with Gasteiger partial charge in [-0.1, -0.05) is 30.3 Å². The van der Waals surface area contributed by atoms with E-state index < -0.39 is 0 Å². The first-order valence-corrected chi connectivity index (χ1v) is 9.37. The van der Waals surface area contributed by atoms with Gasteiger partial charge in [0.1, 0.15) is 11.4 Å². The van der Waals surface area contributed by atoms with Crippen molar-refractivity contribution in [3.63, 3.8) is 0 Å². The Balaban J connectivity index is 1.59. The molecular formula is C23H25N3O2. The van der Waals surface area contributed by atoms with Crippen LogP contribution in [-0.4, -0.2) is 17.0 Å². The first-order valence-electron chi connectivity index (χ1n) is 9.37. The van der Waals surface area contributed by atoms with E-state index in [0.29, 0.717) is 5.69 Å². The third-order valence-electron chi connectivity index (χ3n) is 4.16. The van der Waals surface area contributed by atoms with Crippen LogP contribution in [0.15, 0.2) is 72.9 Å². The van der Waals surface area contributed by atoms with Crippen molar-refractivity contribution in [1.82, 2.24) is 10.3 Å². The predicted molar refractivity (Wildman–Crippen MR) is 112 cm³/mol. The Morgan fingerprint density at radius 3 is 2.18 bits per heavy atom. The maximum absolute atomic E-state index is 12.4. The molecule has 3 aromatic rings. The van der Waals surface area contributed by atoms with E-state index in [1.54, 1.807) is 12.3 Å². The van der Waals surface area contributed by atoms with Crippen molar-refractivity contribution in [2.24, 2.45) is 0 Å². The first kappa shape index (κ1) is 19.4. The molecule has 0 saturated carbocycles. The summed E-state index contributed by atoms with van der Waals surface area (Å²) in [6.45, 7) is 5.95. The predicted octanol–water partition coefficient (Wildman–Crippen LogP) is 5.10. The molecule has 1 aromatic heterocycles. The molecule has 28 heavy (non-hydrogen) atoms. The summed E-state index contributed by atoms with van der Waals surface area (Å²) in [4.78, 5) is 16.7. The Morgan fingerprint density at radius 2 is 1.57 bits per heavy atom. The molecule has 0 aliphatic heterocycles. The zero-order valence-electron chi connectivity index (χ0n) is 16.3. The van der Waals surface area contributed by atoms with Crippen molar-refractivity contribution >= 4 is 17.3 Å². The number of benzene rings is 2. The number of carbonyl (C=O) groups is 1. The lowest BCUT2D eigenvalue weighted by Crippen LogP contribution is -2.27. The van der Waals surface area contributed by atoms with Gasteiger partial charge < -0.3 is 15.4 Å². The molecule has 1 atom stereocenters. The molecule has 1 unspecified atom stereocenters. The van der Waals surface area contributed by atoms with Crippen LogP contribution in [0.5, 0.6) is 5.75 Å². The molecule has 2 aromatic carbocycles. The van der Waals surface area contributed by atoms with E-state index in [9.17, 15) is 4.79 Å². The van der Waals surface area contributed by atoms with Gasteiger partial charge in [0.25, 0.3) is 5.91 Å². The minimum Gasteiger partial charge on any atom is -0.491 e. The molecule has 2 N–H and O–H groups in total. The quantitative estimate of drug-likeness (QED) is 0.603. The van der Waals surface area contributed by atoms with Gasteiger partial charge in [-0.25, -0.2) is 4.98 Å². The Kier molecular flexibility index (Phi) is 6.27. The third kappa shape index (κ3) is 5.33. The summed E-state index contributed by atoms with van der Waals surface area (Å²) in [7, 11) is 0. The fourth-order valence-electron chi connectivity index (χ4n) is 2.75. The molecule has 1 amide bonds. The summed E-state index contributed by atoms with van der Waals surface area (Å²) in [5, 5.41) is 6.24. The molecule has 0 fully saturated rings. The van der Waals surface area contributed by atoms with Gasteiger partial charge in [-0.2, -0.15) is 0 Å². The molecule has 0 aliphatic carbocycles. The van der Waals surface area contributed by atoms with Gasteiger partial charge in [0, 0.05) is 5.69 Å². The second-order valence-electron chi connectivity index (χ2n) is 6.85. The topological polar surface area (TPSA) is 63.2 Å². The molecule has 3 rings (SSSR count). The number of ether oxygens (including phenoxy) is 1. The molecule has 5 nitrogen and oxygen atoms in total. The van der Waals surface area contributed by atoms with Crippen LogP contribution in [0.2, 0.25) is 0 Å². The highest BCUT2D eigenvalue weighted by molar-refractivity contribution is 5.92. The highest BCUT2D eigenvalue weighted by atomic mass is 16.5. The number of carbonyl (C=O) groups excluding carboxylic acids is 1. The van der Waals surface area contributed by atoms with Gasteiger partial charge in [0.15, 0.2) is 0 Å². The second-order valence-corrected chi connectivity index (χ2v) is 6.85. The van der Waals surface area contributed by atoms with Crippen molar-refractivity contribution in [2.45, 2.75) is 32.9 Å². The minimum atomic E-state index is -0.196. The number of aromatic nitrogens is 1. The first-order chi connectivity index (χ1) is 13.5. The average molecular weight is 375 g/mol. The minimum absolute atomic E-state index is 0.0834. The highest BCUT2D eigenvalue weighted by Gasteiger charge is 2.12. The second kappa shape index (κ2) is 9.04. The van der Waals surface area contributed by atoms with Crippen molar-refractivity contribution in [3.05, 3.63) is 84.2 Å². The van der Waals surface area contributed by atoms with Crippen LogP contribution in [0.4, 0.5) is 11.4 Å². The van der Waals surface area contributed by atoms with Crippen LogP contribution < -0.4 is 15.4 Å². The summed E-state index contributed by atoms with van der Waals surface area (Å²) < 4.78 is 5.64. The highest BCUT2D eigenvalue weighted by Crippen LogP contribution is 2.20. The fourth-order valence-corrected chi connectivity index (χ4v) is 2.75. The van der Waals surface area contributed by atoms with Gasteiger partial charge in [0.2, 0.25) is 0 Å². The number of hydrogen-bond acceptors (Lipinski definition) is 4. The standard InChI is InChI=1S/C23H25N3O2/c1-16(2)28-21-12-9-19(10-13-21)26-20-11-14-22(24-15-20)23(27)25-17(3)18-7-5-4-6-8-18/h4-17,26H,1-3H3,(H,25,27). The third-order valence-corrected chi connectivity index (χ3v) is 4.16. The Hall–Kier alpha value is -3.34. The Morgan fingerprint density at radius 1 is 0.893 bits per heavy atom. The number of hydrogen-bond donors (Lipinski definition) is 2. The van der Waals surface area contributed by atoms with Gasteiger partial charge >= 0.3 is 0 Å². The van der Waals surface area contributed by atoms with E-state index in [-0.39, 0.29) is 18.1 Å². The number of amides is 1. The SMILES string of the molecule is CC(C)Oc1ccc(Nc2ccc(C(=O)NC(C)c3ccccc3)nc2)cc1. The van der Waals surface area contributed by atoms with E-state index >= 15 is 0 Å². The molecule has 0 aliphatic rings. The molecule has 1 heterocycles. The van der Waals surface area contributed by atoms with E-state index in [4.69, 9.17) is 4.74 Å². The molecule has 5 heteroatoms. The molecule has 0 radical (unpaired) electrons. The van der Waals surface area contributed by atoms with Crippen molar-refractivity contribution in [2.75, 3.05) is 5.32 Å². The zero-order chi connectivity index (χ0) is 19.9. The maximum atomic E-state index is 12.4. The van der Waals surface area contributed by atoms with Gasteiger partial charge in [-0.05, 0) is 62.7 Å². The molecule has 0 spiro atoms. The van der Waals surface area contributed by atoms with Gasteiger partial charge in [0.05, 0.1) is 24.0 Å². The van der Waals surface area contributed by atoms with E-state index in [2.05, 4.69) is 15.6 Å². The van der Waals surface area contributed by atoms with Crippen LogP contribution in [0.1, 0.15) is 42.9 Å². The van der Waals surface area contributed by atoms with Gasteiger partial charge in [-0.3, -0.25) is 4.79 Å². The van der Waals surface area contributed by atoms with Crippen molar-refractivity contribution < 1.29 is 9.53 Å². The van der Waals surface area contributed by atoms with Crippen molar-refractivity contribution in [3.8, 4) is 5.75 Å². The lowest BCUT2D eigenvalue weighted by molar-refractivity contribution is 0.0935. The molecule has 144 valence electrons. The van der Waals surface area contributed by atoms with Gasteiger partial charge in [-0.15, -0.1) is 0 Å². The Bertz CT molecular complexity index is 891. The van der Waals surface area contributed by atoms with E-state index in [1.165, 1.54) is 0 Å². The largest absolute Gasteiger partial charge is 0.491 e. The lowest BCUT2D eigenvalue weighted by Gasteiger charge is -2.14. The lowest BCUT2D eigenvalue weighted by atomic mass is 10.1. The molecule has 0 bridgehead atoms. The number of pyridine rings is 1. The van der Waals surface area contributed by atoms with Crippen LogP contribution in [0.3, 0.4) is 0 Å². The molecular weight excluding hydrogens is 350 g/mol. The monoisotopic (exact) mass is 375 g/mol. The number of rotatable bonds is 7. The number of anilines is 2. The maximum Gasteiger partial charge on any atom is 0.270 e. The van der Waals surface area contributed by atoms with Crippen LogP contribution >= 0.6 is 0 Å². The summed E-state index contributed by atoms with van der Waals surface area (Å²) in [6, 6.07) is 21.0. The number of nitrogens with one attached hydrogen (secondary N) is 2.